The van der Waals surface area contributed by atoms with Crippen molar-refractivity contribution in [2.45, 2.75) is 52.4 Å². The van der Waals surface area contributed by atoms with Gasteiger partial charge in [0, 0.05) is 34.1 Å². The van der Waals surface area contributed by atoms with E-state index in [1.807, 2.05) is 0 Å². The molecular formula is C74H66N2. The van der Waals surface area contributed by atoms with Crippen LogP contribution in [0.3, 0.4) is 0 Å². The van der Waals surface area contributed by atoms with E-state index in [1.54, 1.807) is 0 Å². The molecule has 0 aliphatic rings. The number of nitrogens with zero attached hydrogens (tertiary/aromatic N) is 2. The highest BCUT2D eigenvalue weighted by Gasteiger charge is 2.17. The fourth-order valence-electron chi connectivity index (χ4n) is 9.47. The first kappa shape index (κ1) is 50.5. The molecule has 0 atom stereocenters. The molecule has 0 spiro atoms. The average molecular weight is 983 g/mol. The van der Waals surface area contributed by atoms with Crippen molar-refractivity contribution in [2.24, 2.45) is 0 Å². The summed E-state index contributed by atoms with van der Waals surface area (Å²) in [5.41, 5.74) is 21.2. The molecule has 0 N–H and O–H groups in total. The van der Waals surface area contributed by atoms with Gasteiger partial charge in [-0.1, -0.05) is 260 Å². The fourth-order valence-corrected chi connectivity index (χ4v) is 9.47. The Morgan fingerprint density at radius 3 is 0.605 bits per heavy atom. The fraction of sp³-hybridized carbons (Fsp3) is 0.108. The van der Waals surface area contributed by atoms with Gasteiger partial charge in [0.15, 0.2) is 0 Å². The molecule has 0 saturated carbocycles. The predicted octanol–water partition coefficient (Wildman–Crippen LogP) is 21.1. The van der Waals surface area contributed by atoms with Crippen LogP contribution in [0.25, 0.3) is 58.7 Å². The molecule has 2 nitrogen and oxygen atoms in total. The molecule has 0 unspecified atom stereocenters. The van der Waals surface area contributed by atoms with Crippen molar-refractivity contribution >= 4 is 70.6 Å². The number of hydrogen-bond donors (Lipinski definition) is 0. The summed E-state index contributed by atoms with van der Waals surface area (Å²) in [7, 11) is 0. The lowest BCUT2D eigenvalue weighted by molar-refractivity contribution is 0.590. The molecule has 10 rings (SSSR count). The van der Waals surface area contributed by atoms with Gasteiger partial charge in [-0.2, -0.15) is 0 Å². The SMILES string of the molecule is CC(C)(C)c1ccc(/C=C/c2ccc(N(c3ccc(/C=C/c4ccc(N(c5ccc(/C=C/c6ccc(C(C)(C)C)cc6)cc5)c5ccc(-c6ccccc6)cc5)cc4)cc3)c3ccc(-c4ccccc4)cc3)cc2)cc1. The zero-order valence-corrected chi connectivity index (χ0v) is 44.6. The molecule has 2 heteroatoms. The second-order valence-electron chi connectivity index (χ2n) is 21.6. The highest BCUT2D eigenvalue weighted by molar-refractivity contribution is 5.83. The van der Waals surface area contributed by atoms with Gasteiger partial charge in [0.05, 0.1) is 0 Å². The van der Waals surface area contributed by atoms with Crippen molar-refractivity contribution in [1.29, 1.82) is 0 Å². The first-order valence-electron chi connectivity index (χ1n) is 26.5. The first-order valence-corrected chi connectivity index (χ1v) is 26.5. The summed E-state index contributed by atoms with van der Waals surface area (Å²) in [6.07, 6.45) is 13.2. The summed E-state index contributed by atoms with van der Waals surface area (Å²) < 4.78 is 0. The quantitative estimate of drug-likeness (QED) is 0.100. The van der Waals surface area contributed by atoms with Crippen molar-refractivity contribution in [3.8, 4) is 22.3 Å². The largest absolute Gasteiger partial charge is 0.311 e. The van der Waals surface area contributed by atoms with Gasteiger partial charge in [-0.25, -0.2) is 0 Å². The van der Waals surface area contributed by atoms with Gasteiger partial charge in [-0.15, -0.1) is 0 Å². The highest BCUT2D eigenvalue weighted by atomic mass is 15.1. The molecule has 0 saturated heterocycles. The van der Waals surface area contributed by atoms with Crippen LogP contribution in [0.4, 0.5) is 34.1 Å². The van der Waals surface area contributed by atoms with Crippen LogP contribution in [0.2, 0.25) is 0 Å². The first-order chi connectivity index (χ1) is 36.9. The number of anilines is 6. The van der Waals surface area contributed by atoms with Crippen LogP contribution in [-0.4, -0.2) is 0 Å². The Balaban J connectivity index is 0.881. The third kappa shape index (κ3) is 12.5. The summed E-state index contributed by atoms with van der Waals surface area (Å²) >= 11 is 0. The summed E-state index contributed by atoms with van der Waals surface area (Å²) in [5.74, 6) is 0. The summed E-state index contributed by atoms with van der Waals surface area (Å²) in [6.45, 7) is 13.5. The zero-order chi connectivity index (χ0) is 52.5. The van der Waals surface area contributed by atoms with Gasteiger partial charge in [0.25, 0.3) is 0 Å². The third-order valence-corrected chi connectivity index (χ3v) is 14.0. The molecule has 10 aromatic rings. The maximum atomic E-state index is 2.33. The molecule has 0 radical (unpaired) electrons. The van der Waals surface area contributed by atoms with E-state index in [-0.39, 0.29) is 10.8 Å². The molecule has 0 fully saturated rings. The van der Waals surface area contributed by atoms with Crippen molar-refractivity contribution in [3.05, 3.63) is 299 Å². The Bertz CT molecular complexity index is 3290. The van der Waals surface area contributed by atoms with E-state index in [2.05, 4.69) is 343 Å². The molecule has 0 amide bonds. The maximum Gasteiger partial charge on any atom is 0.0462 e. The lowest BCUT2D eigenvalue weighted by Gasteiger charge is -2.26. The molecule has 0 aromatic heterocycles. The number of benzene rings is 10. The van der Waals surface area contributed by atoms with Crippen LogP contribution >= 0.6 is 0 Å². The van der Waals surface area contributed by atoms with Crippen LogP contribution in [-0.2, 0) is 10.8 Å². The predicted molar refractivity (Wildman–Crippen MR) is 330 cm³/mol. The van der Waals surface area contributed by atoms with Crippen molar-refractivity contribution < 1.29 is 0 Å². The Morgan fingerprint density at radius 1 is 0.211 bits per heavy atom. The molecule has 372 valence electrons. The van der Waals surface area contributed by atoms with E-state index < -0.39 is 0 Å². The van der Waals surface area contributed by atoms with Crippen LogP contribution in [0.1, 0.15) is 86.1 Å². The van der Waals surface area contributed by atoms with E-state index in [0.717, 1.165) is 56.4 Å². The van der Waals surface area contributed by atoms with E-state index in [4.69, 9.17) is 0 Å². The number of hydrogen-bond acceptors (Lipinski definition) is 2. The summed E-state index contributed by atoms with van der Waals surface area (Å²) in [6, 6.07) is 92.0. The molecule has 10 aromatic carbocycles. The van der Waals surface area contributed by atoms with Gasteiger partial charge in [0.2, 0.25) is 0 Å². The smallest absolute Gasteiger partial charge is 0.0462 e. The minimum absolute atomic E-state index is 0.133. The second-order valence-corrected chi connectivity index (χ2v) is 21.6. The second kappa shape index (κ2) is 22.6. The number of rotatable bonds is 14. The van der Waals surface area contributed by atoms with Crippen LogP contribution < -0.4 is 9.80 Å². The molecule has 76 heavy (non-hydrogen) atoms. The molecule has 0 aliphatic carbocycles. The third-order valence-electron chi connectivity index (χ3n) is 14.0. The van der Waals surface area contributed by atoms with E-state index in [0.29, 0.717) is 0 Å². The topological polar surface area (TPSA) is 6.48 Å². The normalized spacial score (nSPS) is 11.9. The Labute approximate surface area is 452 Å². The molecule has 0 heterocycles. The van der Waals surface area contributed by atoms with E-state index in [9.17, 15) is 0 Å². The lowest BCUT2D eigenvalue weighted by Crippen LogP contribution is -2.10. The van der Waals surface area contributed by atoms with Crippen molar-refractivity contribution in [1.82, 2.24) is 0 Å². The van der Waals surface area contributed by atoms with Gasteiger partial charge < -0.3 is 9.80 Å². The van der Waals surface area contributed by atoms with Crippen LogP contribution in [0, 0.1) is 0 Å². The van der Waals surface area contributed by atoms with Gasteiger partial charge in [-0.05, 0) is 150 Å². The van der Waals surface area contributed by atoms with Gasteiger partial charge in [-0.3, -0.25) is 0 Å². The minimum atomic E-state index is 0.133. The lowest BCUT2D eigenvalue weighted by atomic mass is 9.87. The Morgan fingerprint density at radius 2 is 0.395 bits per heavy atom. The van der Waals surface area contributed by atoms with Gasteiger partial charge >= 0.3 is 0 Å². The summed E-state index contributed by atoms with van der Waals surface area (Å²) in [4.78, 5) is 4.66. The Hall–Kier alpha value is -8.98. The maximum absolute atomic E-state index is 2.33. The van der Waals surface area contributed by atoms with Crippen molar-refractivity contribution in [2.75, 3.05) is 9.80 Å². The van der Waals surface area contributed by atoms with Crippen molar-refractivity contribution in [3.63, 3.8) is 0 Å². The molecular weight excluding hydrogens is 917 g/mol. The van der Waals surface area contributed by atoms with E-state index in [1.165, 1.54) is 44.5 Å². The monoisotopic (exact) mass is 983 g/mol. The zero-order valence-electron chi connectivity index (χ0n) is 44.6. The molecule has 0 aliphatic heterocycles. The van der Waals surface area contributed by atoms with Gasteiger partial charge in [0.1, 0.15) is 0 Å². The Kier molecular flexibility index (Phi) is 15.1. The highest BCUT2D eigenvalue weighted by Crippen LogP contribution is 2.39. The summed E-state index contributed by atoms with van der Waals surface area (Å²) in [5, 5.41) is 0. The molecule has 0 bridgehead atoms. The van der Waals surface area contributed by atoms with Crippen LogP contribution in [0.15, 0.2) is 255 Å². The average Bonchev–Trinajstić information content (AvgIpc) is 3.46. The standard InChI is InChI=1S/C74H66N2/c1-73(2,3)65-39-23-55(24-40-65)17-19-57-27-43-67(44-28-57)75(71-51-35-63(36-52-71)61-13-9-7-10-14-61)69-47-31-59(32-48-69)21-22-60-33-49-70(50-34-60)76(72-53-37-64(38-54-72)62-15-11-8-12-16-62)68-45-29-58(30-46-68)20-18-56-25-41-66(42-26-56)74(4,5)6/h7-54H,1-6H3/b19-17+,20-18+,22-21+. The van der Waals surface area contributed by atoms with E-state index >= 15 is 0 Å². The van der Waals surface area contributed by atoms with Crippen LogP contribution in [0.5, 0.6) is 0 Å². The minimum Gasteiger partial charge on any atom is -0.311 e.